The number of nitrogens with one attached hydrogen (secondary N) is 1. The van der Waals surface area contributed by atoms with Crippen LogP contribution in [0.2, 0.25) is 0 Å². The Bertz CT molecular complexity index is 522. The second kappa shape index (κ2) is 7.52. The number of anilines is 1. The van der Waals surface area contributed by atoms with Gasteiger partial charge in [-0.1, -0.05) is 6.07 Å². The molecule has 0 bridgehead atoms. The first-order valence-electron chi connectivity index (χ1n) is 6.29. The van der Waals surface area contributed by atoms with Crippen molar-refractivity contribution in [2.24, 2.45) is 0 Å². The first-order valence-corrected chi connectivity index (χ1v) is 6.29. The zero-order chi connectivity index (χ0) is 14.2. The summed E-state index contributed by atoms with van der Waals surface area (Å²) < 4.78 is 10.3. The molecule has 106 valence electrons. The lowest BCUT2D eigenvalue weighted by Gasteiger charge is -2.18. The molecule has 2 aromatic rings. The molecule has 0 radical (unpaired) electrons. The monoisotopic (exact) mass is 274 g/mol. The maximum absolute atomic E-state index is 5.24. The van der Waals surface area contributed by atoms with E-state index in [-0.39, 0.29) is 6.04 Å². The highest BCUT2D eigenvalue weighted by molar-refractivity contribution is 5.37. The molecule has 0 aromatic carbocycles. The molecule has 0 aliphatic rings. The number of aromatic nitrogens is 3. The van der Waals surface area contributed by atoms with Crippen LogP contribution in [0.3, 0.4) is 0 Å². The minimum atomic E-state index is -0.0634. The second-order valence-corrected chi connectivity index (χ2v) is 4.23. The molecule has 6 heteroatoms. The number of pyridine rings is 1. The highest BCUT2D eigenvalue weighted by Crippen LogP contribution is 2.17. The predicted octanol–water partition coefficient (Wildman–Crippen LogP) is 1.82. The molecule has 0 amide bonds. The summed E-state index contributed by atoms with van der Waals surface area (Å²) in [6.07, 6.45) is 3.27. The van der Waals surface area contributed by atoms with Gasteiger partial charge in [0, 0.05) is 26.5 Å². The van der Waals surface area contributed by atoms with Crippen LogP contribution in [0.15, 0.2) is 36.8 Å². The number of ether oxygens (including phenoxy) is 2. The minimum absolute atomic E-state index is 0.0634. The molecule has 2 rings (SSSR count). The van der Waals surface area contributed by atoms with E-state index in [1.165, 1.54) is 6.33 Å². The zero-order valence-corrected chi connectivity index (χ0v) is 11.6. The standard InChI is InChI=1S/C14H18N4O2/c1-19-8-11-7-14(17-10-16-11)18-13(9-20-2)12-5-3-4-6-15-12/h3-7,10,13H,8-9H2,1-2H3,(H,16,17,18)/t13-/m1/s1. The summed E-state index contributed by atoms with van der Waals surface area (Å²) in [4.78, 5) is 12.7. The Balaban J connectivity index is 2.14. The molecule has 0 aliphatic carbocycles. The molecule has 0 fully saturated rings. The van der Waals surface area contributed by atoms with Crippen LogP contribution in [-0.2, 0) is 16.1 Å². The zero-order valence-electron chi connectivity index (χ0n) is 11.6. The van der Waals surface area contributed by atoms with Crippen molar-refractivity contribution in [1.29, 1.82) is 0 Å². The van der Waals surface area contributed by atoms with Gasteiger partial charge in [0.15, 0.2) is 0 Å². The van der Waals surface area contributed by atoms with Crippen molar-refractivity contribution in [3.05, 3.63) is 48.2 Å². The summed E-state index contributed by atoms with van der Waals surface area (Å²) in [5.74, 6) is 0.722. The van der Waals surface area contributed by atoms with E-state index in [0.717, 1.165) is 17.2 Å². The number of hydrogen-bond donors (Lipinski definition) is 1. The molecule has 0 saturated carbocycles. The molecule has 20 heavy (non-hydrogen) atoms. The maximum atomic E-state index is 5.24. The Morgan fingerprint density at radius 3 is 2.75 bits per heavy atom. The van der Waals surface area contributed by atoms with Crippen LogP contribution in [-0.4, -0.2) is 35.8 Å². The molecule has 0 spiro atoms. The summed E-state index contributed by atoms with van der Waals surface area (Å²) in [6.45, 7) is 0.955. The van der Waals surface area contributed by atoms with E-state index in [0.29, 0.717) is 13.2 Å². The summed E-state index contributed by atoms with van der Waals surface area (Å²) in [7, 11) is 3.30. The molecular weight excluding hydrogens is 256 g/mol. The molecule has 6 nitrogen and oxygen atoms in total. The van der Waals surface area contributed by atoms with Crippen LogP contribution < -0.4 is 5.32 Å². The van der Waals surface area contributed by atoms with Gasteiger partial charge < -0.3 is 14.8 Å². The van der Waals surface area contributed by atoms with Crippen molar-refractivity contribution in [3.8, 4) is 0 Å². The second-order valence-electron chi connectivity index (χ2n) is 4.23. The third-order valence-corrected chi connectivity index (χ3v) is 2.72. The van der Waals surface area contributed by atoms with Crippen LogP contribution in [0.5, 0.6) is 0 Å². The van der Waals surface area contributed by atoms with Crippen molar-refractivity contribution >= 4 is 5.82 Å². The van der Waals surface area contributed by atoms with Crippen molar-refractivity contribution in [1.82, 2.24) is 15.0 Å². The van der Waals surface area contributed by atoms with Gasteiger partial charge in [-0.05, 0) is 12.1 Å². The molecule has 2 heterocycles. The predicted molar refractivity (Wildman–Crippen MR) is 75.2 cm³/mol. The molecule has 0 saturated heterocycles. The topological polar surface area (TPSA) is 69.2 Å². The van der Waals surface area contributed by atoms with E-state index < -0.39 is 0 Å². The molecule has 1 N–H and O–H groups in total. The number of rotatable bonds is 7. The van der Waals surface area contributed by atoms with Gasteiger partial charge in [0.05, 0.1) is 30.6 Å². The number of hydrogen-bond acceptors (Lipinski definition) is 6. The normalized spacial score (nSPS) is 12.1. The summed E-state index contributed by atoms with van der Waals surface area (Å²) >= 11 is 0. The quantitative estimate of drug-likeness (QED) is 0.830. The van der Waals surface area contributed by atoms with Crippen molar-refractivity contribution in [3.63, 3.8) is 0 Å². The Kier molecular flexibility index (Phi) is 5.40. The smallest absolute Gasteiger partial charge is 0.130 e. The third-order valence-electron chi connectivity index (χ3n) is 2.72. The van der Waals surface area contributed by atoms with Gasteiger partial charge in [-0.2, -0.15) is 0 Å². The van der Waals surface area contributed by atoms with Gasteiger partial charge in [-0.15, -0.1) is 0 Å². The fourth-order valence-corrected chi connectivity index (χ4v) is 1.83. The van der Waals surface area contributed by atoms with Crippen LogP contribution in [0.25, 0.3) is 0 Å². The molecule has 0 aliphatic heterocycles. The van der Waals surface area contributed by atoms with Crippen LogP contribution in [0.1, 0.15) is 17.4 Å². The van der Waals surface area contributed by atoms with Gasteiger partial charge in [0.2, 0.25) is 0 Å². The first kappa shape index (κ1) is 14.4. The van der Waals surface area contributed by atoms with E-state index in [1.54, 1.807) is 20.4 Å². The van der Waals surface area contributed by atoms with Crippen LogP contribution >= 0.6 is 0 Å². The van der Waals surface area contributed by atoms with E-state index in [2.05, 4.69) is 20.3 Å². The van der Waals surface area contributed by atoms with Crippen LogP contribution in [0, 0.1) is 0 Å². The summed E-state index contributed by atoms with van der Waals surface area (Å²) in [5.41, 5.74) is 1.73. The summed E-state index contributed by atoms with van der Waals surface area (Å²) in [6, 6.07) is 7.58. The van der Waals surface area contributed by atoms with Gasteiger partial charge >= 0.3 is 0 Å². The third kappa shape index (κ3) is 3.97. The average Bonchev–Trinajstić information content (AvgIpc) is 2.48. The lowest BCUT2D eigenvalue weighted by atomic mass is 10.2. The van der Waals surface area contributed by atoms with Gasteiger partial charge in [-0.25, -0.2) is 9.97 Å². The molecule has 0 unspecified atom stereocenters. The number of methoxy groups -OCH3 is 2. The minimum Gasteiger partial charge on any atom is -0.382 e. The van der Waals surface area contributed by atoms with E-state index >= 15 is 0 Å². The van der Waals surface area contributed by atoms with Gasteiger partial charge in [0.1, 0.15) is 12.1 Å². The van der Waals surface area contributed by atoms with Crippen LogP contribution in [0.4, 0.5) is 5.82 Å². The molecule has 2 aromatic heterocycles. The van der Waals surface area contributed by atoms with E-state index in [4.69, 9.17) is 9.47 Å². The molecular formula is C14H18N4O2. The van der Waals surface area contributed by atoms with Crippen molar-refractivity contribution in [2.75, 3.05) is 26.1 Å². The highest BCUT2D eigenvalue weighted by Gasteiger charge is 2.13. The fraction of sp³-hybridized carbons (Fsp3) is 0.357. The summed E-state index contributed by atoms with van der Waals surface area (Å²) in [5, 5.41) is 3.30. The van der Waals surface area contributed by atoms with E-state index in [1.807, 2.05) is 24.3 Å². The van der Waals surface area contributed by atoms with E-state index in [9.17, 15) is 0 Å². The Labute approximate surface area is 118 Å². The fourth-order valence-electron chi connectivity index (χ4n) is 1.83. The molecule has 1 atom stereocenters. The first-order chi connectivity index (χ1) is 9.83. The highest BCUT2D eigenvalue weighted by atomic mass is 16.5. The van der Waals surface area contributed by atoms with Gasteiger partial charge in [0.25, 0.3) is 0 Å². The Hall–Kier alpha value is -2.05. The van der Waals surface area contributed by atoms with Gasteiger partial charge in [-0.3, -0.25) is 4.98 Å². The maximum Gasteiger partial charge on any atom is 0.130 e. The SMILES string of the molecule is COCc1cc(N[C@H](COC)c2ccccn2)ncn1. The number of nitrogens with zero attached hydrogens (tertiary/aromatic N) is 3. The largest absolute Gasteiger partial charge is 0.382 e. The Morgan fingerprint density at radius 1 is 1.15 bits per heavy atom. The van der Waals surface area contributed by atoms with Crippen molar-refractivity contribution < 1.29 is 9.47 Å². The Morgan fingerprint density at radius 2 is 2.05 bits per heavy atom. The average molecular weight is 274 g/mol. The van der Waals surface area contributed by atoms with Crippen molar-refractivity contribution in [2.45, 2.75) is 12.6 Å². The lowest BCUT2D eigenvalue weighted by Crippen LogP contribution is -2.18. The lowest BCUT2D eigenvalue weighted by molar-refractivity contribution is 0.181.